The number of nitrogens with zero attached hydrogens (tertiary/aromatic N) is 1. The minimum absolute atomic E-state index is 0.170. The molecule has 0 aromatic heterocycles. The lowest BCUT2D eigenvalue weighted by molar-refractivity contribution is -0.141. The first kappa shape index (κ1) is 19.6. The van der Waals surface area contributed by atoms with Crippen molar-refractivity contribution in [3.8, 4) is 5.75 Å². The van der Waals surface area contributed by atoms with Gasteiger partial charge in [-0.2, -0.15) is 0 Å². The highest BCUT2D eigenvalue weighted by atomic mass is 16.5. The van der Waals surface area contributed by atoms with Crippen molar-refractivity contribution in [2.24, 2.45) is 0 Å². The molecule has 0 aliphatic carbocycles. The summed E-state index contributed by atoms with van der Waals surface area (Å²) in [5.74, 6) is -0.230. The summed E-state index contributed by atoms with van der Waals surface area (Å²) in [6.07, 6.45) is 0.170. The molecule has 6 nitrogen and oxygen atoms in total. The number of anilines is 1. The lowest BCUT2D eigenvalue weighted by atomic mass is 10.0. The van der Waals surface area contributed by atoms with Gasteiger partial charge in [-0.3, -0.25) is 19.3 Å². The van der Waals surface area contributed by atoms with Crippen LogP contribution in [0.1, 0.15) is 42.1 Å². The van der Waals surface area contributed by atoms with Crippen LogP contribution in [-0.2, 0) is 14.3 Å². The third-order valence-corrected chi connectivity index (χ3v) is 4.58. The number of hydrogen-bond acceptors (Lipinski definition) is 5. The van der Waals surface area contributed by atoms with E-state index in [1.165, 1.54) is 4.90 Å². The molecule has 146 valence electrons. The summed E-state index contributed by atoms with van der Waals surface area (Å²) >= 11 is 0. The Hall–Kier alpha value is -3.15. The zero-order valence-corrected chi connectivity index (χ0v) is 16.0. The summed E-state index contributed by atoms with van der Waals surface area (Å²) < 4.78 is 10.7. The van der Waals surface area contributed by atoms with Gasteiger partial charge in [0.05, 0.1) is 18.7 Å². The number of rotatable bonds is 6. The molecular weight excluding hydrogens is 358 g/mol. The number of benzene rings is 2. The number of esters is 1. The molecule has 0 unspecified atom stereocenters. The highest BCUT2D eigenvalue weighted by Crippen LogP contribution is 2.30. The lowest BCUT2D eigenvalue weighted by Gasteiger charge is -2.20. The van der Waals surface area contributed by atoms with Gasteiger partial charge in [-0.1, -0.05) is 50.2 Å². The summed E-state index contributed by atoms with van der Waals surface area (Å²) in [5, 5.41) is 0. The van der Waals surface area contributed by atoms with Gasteiger partial charge in [-0.25, -0.2) is 0 Å². The number of para-hydroxylation sites is 2. The first-order valence-electron chi connectivity index (χ1n) is 9.26. The minimum atomic E-state index is -0.641. The molecule has 0 fully saturated rings. The molecule has 0 atom stereocenters. The van der Waals surface area contributed by atoms with Crippen LogP contribution in [0.15, 0.2) is 48.5 Å². The molecule has 0 spiro atoms. The Labute approximate surface area is 164 Å². The number of Topliss-reactive ketones (excluding diaryl/α,β-unsaturated/α-hetero) is 1. The average Bonchev–Trinajstić information content (AvgIpc) is 2.85. The average molecular weight is 381 g/mol. The molecule has 2 aromatic carbocycles. The fourth-order valence-corrected chi connectivity index (χ4v) is 2.95. The van der Waals surface area contributed by atoms with Crippen LogP contribution in [0.4, 0.5) is 5.69 Å². The normalized spacial score (nSPS) is 13.5. The van der Waals surface area contributed by atoms with E-state index in [1.807, 2.05) is 12.1 Å². The molecule has 28 heavy (non-hydrogen) atoms. The molecule has 0 bridgehead atoms. The molecule has 0 saturated heterocycles. The number of amides is 1. The van der Waals surface area contributed by atoms with Crippen molar-refractivity contribution in [2.45, 2.75) is 26.2 Å². The van der Waals surface area contributed by atoms with E-state index in [9.17, 15) is 14.4 Å². The maximum absolute atomic E-state index is 12.3. The van der Waals surface area contributed by atoms with Crippen molar-refractivity contribution in [1.29, 1.82) is 0 Å². The van der Waals surface area contributed by atoms with Crippen molar-refractivity contribution in [1.82, 2.24) is 0 Å². The van der Waals surface area contributed by atoms with Gasteiger partial charge in [0.2, 0.25) is 5.91 Å². The highest BCUT2D eigenvalue weighted by Gasteiger charge is 2.25. The predicted molar refractivity (Wildman–Crippen MR) is 105 cm³/mol. The second kappa shape index (κ2) is 8.69. The Morgan fingerprint density at radius 1 is 1.11 bits per heavy atom. The Morgan fingerprint density at radius 2 is 1.82 bits per heavy atom. The van der Waals surface area contributed by atoms with E-state index < -0.39 is 5.97 Å². The van der Waals surface area contributed by atoms with Gasteiger partial charge in [0, 0.05) is 5.56 Å². The smallest absolute Gasteiger partial charge is 0.326 e. The van der Waals surface area contributed by atoms with E-state index in [1.54, 1.807) is 36.4 Å². The SMILES string of the molecule is CC(C)c1ccc(C(=O)COC(=O)CN2C(=O)CCOc3ccccc32)cc1. The molecule has 1 aliphatic rings. The first-order chi connectivity index (χ1) is 13.5. The quantitative estimate of drug-likeness (QED) is 0.567. The maximum Gasteiger partial charge on any atom is 0.326 e. The molecule has 0 saturated carbocycles. The standard InChI is InChI=1S/C22H23NO5/c1-15(2)16-7-9-17(10-8-16)19(24)14-28-22(26)13-23-18-5-3-4-6-20(18)27-12-11-21(23)25/h3-10,15H,11-14H2,1-2H3. The van der Waals surface area contributed by atoms with Crippen LogP contribution < -0.4 is 9.64 Å². The molecule has 1 aliphatic heterocycles. The second-order valence-electron chi connectivity index (χ2n) is 6.91. The second-order valence-corrected chi connectivity index (χ2v) is 6.91. The van der Waals surface area contributed by atoms with Crippen LogP contribution in [0.3, 0.4) is 0 Å². The van der Waals surface area contributed by atoms with Gasteiger partial charge >= 0.3 is 5.97 Å². The molecule has 1 heterocycles. The van der Waals surface area contributed by atoms with Crippen LogP contribution in [0.5, 0.6) is 5.75 Å². The van der Waals surface area contributed by atoms with Gasteiger partial charge in [0.15, 0.2) is 12.4 Å². The van der Waals surface area contributed by atoms with E-state index in [2.05, 4.69) is 13.8 Å². The van der Waals surface area contributed by atoms with E-state index >= 15 is 0 Å². The molecule has 3 rings (SSSR count). The Morgan fingerprint density at radius 3 is 2.54 bits per heavy atom. The number of ketones is 1. The molecule has 2 aromatic rings. The molecule has 0 N–H and O–H groups in total. The van der Waals surface area contributed by atoms with Crippen LogP contribution in [0, 0.1) is 0 Å². The number of carbonyl (C=O) groups is 3. The first-order valence-corrected chi connectivity index (χ1v) is 9.26. The lowest BCUT2D eigenvalue weighted by Crippen LogP contribution is -2.36. The topological polar surface area (TPSA) is 72.9 Å². The van der Waals surface area contributed by atoms with Gasteiger partial charge < -0.3 is 9.47 Å². The third kappa shape index (κ3) is 4.57. The van der Waals surface area contributed by atoms with Crippen molar-refractivity contribution < 1.29 is 23.9 Å². The maximum atomic E-state index is 12.3. The van der Waals surface area contributed by atoms with Gasteiger partial charge in [-0.15, -0.1) is 0 Å². The van der Waals surface area contributed by atoms with Crippen molar-refractivity contribution in [3.63, 3.8) is 0 Å². The number of fused-ring (bicyclic) bond motifs is 1. The molecular formula is C22H23NO5. The summed E-state index contributed by atoms with van der Waals surface area (Å²) in [4.78, 5) is 38.2. The Bertz CT molecular complexity index is 873. The van der Waals surface area contributed by atoms with Crippen molar-refractivity contribution in [3.05, 3.63) is 59.7 Å². The molecule has 6 heteroatoms. The van der Waals surface area contributed by atoms with Crippen LogP contribution in [0.25, 0.3) is 0 Å². The number of hydrogen-bond donors (Lipinski definition) is 0. The zero-order valence-electron chi connectivity index (χ0n) is 16.0. The Balaban J connectivity index is 1.61. The van der Waals surface area contributed by atoms with Crippen LogP contribution in [-0.4, -0.2) is 37.4 Å². The molecule has 1 amide bonds. The molecule has 0 radical (unpaired) electrons. The van der Waals surface area contributed by atoms with Gasteiger partial charge in [-0.05, 0) is 23.6 Å². The zero-order chi connectivity index (χ0) is 20.1. The third-order valence-electron chi connectivity index (χ3n) is 4.58. The van der Waals surface area contributed by atoms with E-state index in [-0.39, 0.29) is 37.9 Å². The van der Waals surface area contributed by atoms with Crippen molar-refractivity contribution >= 4 is 23.3 Å². The summed E-state index contributed by atoms with van der Waals surface area (Å²) in [5.41, 5.74) is 2.15. The fraction of sp³-hybridized carbons (Fsp3) is 0.318. The summed E-state index contributed by atoms with van der Waals surface area (Å²) in [7, 11) is 0. The Kier molecular flexibility index (Phi) is 6.09. The summed E-state index contributed by atoms with van der Waals surface area (Å²) in [6.45, 7) is 3.78. The fourth-order valence-electron chi connectivity index (χ4n) is 2.95. The van der Waals surface area contributed by atoms with Crippen LogP contribution >= 0.6 is 0 Å². The number of carbonyl (C=O) groups excluding carboxylic acids is 3. The minimum Gasteiger partial charge on any atom is -0.491 e. The van der Waals surface area contributed by atoms with Gasteiger partial charge in [0.1, 0.15) is 12.3 Å². The van der Waals surface area contributed by atoms with Crippen molar-refractivity contribution in [2.75, 3.05) is 24.7 Å². The number of ether oxygens (including phenoxy) is 2. The van der Waals surface area contributed by atoms with E-state index in [0.717, 1.165) is 5.56 Å². The van der Waals surface area contributed by atoms with Gasteiger partial charge in [0.25, 0.3) is 0 Å². The van der Waals surface area contributed by atoms with E-state index in [4.69, 9.17) is 9.47 Å². The monoisotopic (exact) mass is 381 g/mol. The predicted octanol–water partition coefficient (Wildman–Crippen LogP) is 3.35. The highest BCUT2D eigenvalue weighted by molar-refractivity contribution is 6.01. The van der Waals surface area contributed by atoms with Crippen LogP contribution in [0.2, 0.25) is 0 Å². The largest absolute Gasteiger partial charge is 0.491 e. The van der Waals surface area contributed by atoms with E-state index in [0.29, 0.717) is 22.9 Å². The summed E-state index contributed by atoms with van der Waals surface area (Å²) in [6, 6.07) is 14.3.